The number of nitrogens with one attached hydrogen (secondary N) is 2. The number of hydrogen-bond acceptors (Lipinski definition) is 3. The number of carbonyl (C=O) groups excluding carboxylic acids is 1. The number of rotatable bonds is 4. The van der Waals surface area contributed by atoms with Gasteiger partial charge in [0.05, 0.1) is 5.41 Å². The Labute approximate surface area is 104 Å². The van der Waals surface area contributed by atoms with Crippen LogP contribution < -0.4 is 10.6 Å². The predicted molar refractivity (Wildman–Crippen MR) is 68.9 cm³/mol. The summed E-state index contributed by atoms with van der Waals surface area (Å²) < 4.78 is 0. The summed E-state index contributed by atoms with van der Waals surface area (Å²) in [5, 5.41) is 6.42. The largest absolute Gasteiger partial charge is 0.354 e. The van der Waals surface area contributed by atoms with Gasteiger partial charge in [-0.25, -0.2) is 0 Å². The van der Waals surface area contributed by atoms with E-state index < -0.39 is 0 Å². The highest BCUT2D eigenvalue weighted by Gasteiger charge is 2.34. The fourth-order valence-electron chi connectivity index (χ4n) is 2.80. The van der Waals surface area contributed by atoms with E-state index in [4.69, 9.17) is 0 Å². The van der Waals surface area contributed by atoms with Crippen molar-refractivity contribution in [3.8, 4) is 0 Å². The lowest BCUT2D eigenvalue weighted by molar-refractivity contribution is -0.131. The van der Waals surface area contributed by atoms with E-state index in [-0.39, 0.29) is 11.3 Å². The summed E-state index contributed by atoms with van der Waals surface area (Å²) in [4.78, 5) is 14.6. The Kier molecular flexibility index (Phi) is 4.40. The minimum Gasteiger partial charge on any atom is -0.354 e. The van der Waals surface area contributed by atoms with E-state index in [1.165, 1.54) is 25.9 Å². The lowest BCUT2D eigenvalue weighted by atomic mass is 9.82. The smallest absolute Gasteiger partial charge is 0.227 e. The maximum absolute atomic E-state index is 12.1. The molecule has 2 aliphatic rings. The van der Waals surface area contributed by atoms with Gasteiger partial charge in [-0.05, 0) is 52.2 Å². The number of hydrogen-bond donors (Lipinski definition) is 2. The second kappa shape index (κ2) is 5.83. The molecule has 0 bridgehead atoms. The van der Waals surface area contributed by atoms with Crippen molar-refractivity contribution in [1.29, 1.82) is 0 Å². The van der Waals surface area contributed by atoms with E-state index >= 15 is 0 Å². The lowest BCUT2D eigenvalue weighted by Crippen LogP contribution is -2.49. The van der Waals surface area contributed by atoms with E-state index in [9.17, 15) is 4.79 Å². The second-order valence-electron chi connectivity index (χ2n) is 5.65. The minimum atomic E-state index is -0.191. The molecule has 0 aromatic rings. The Morgan fingerprint density at radius 3 is 2.76 bits per heavy atom. The molecular weight excluding hydrogens is 214 g/mol. The van der Waals surface area contributed by atoms with Crippen LogP contribution in [0.5, 0.6) is 0 Å². The van der Waals surface area contributed by atoms with Crippen molar-refractivity contribution in [3.63, 3.8) is 0 Å². The third kappa shape index (κ3) is 3.42. The molecular formula is C13H25N3O. The molecule has 4 heteroatoms. The Bertz CT molecular complexity index is 255. The zero-order chi connectivity index (χ0) is 12.1. The maximum atomic E-state index is 12.1. The van der Waals surface area contributed by atoms with Crippen molar-refractivity contribution < 1.29 is 4.79 Å². The van der Waals surface area contributed by atoms with Gasteiger partial charge in [-0.3, -0.25) is 4.79 Å². The van der Waals surface area contributed by atoms with Gasteiger partial charge in [-0.1, -0.05) is 0 Å². The first-order chi connectivity index (χ1) is 8.21. The number of carbonyl (C=O) groups is 1. The van der Waals surface area contributed by atoms with Gasteiger partial charge in [0.1, 0.15) is 0 Å². The average Bonchev–Trinajstić information content (AvgIpc) is 2.83. The quantitative estimate of drug-likeness (QED) is 0.754. The molecule has 0 aromatic carbocycles. The van der Waals surface area contributed by atoms with Crippen LogP contribution in [0.3, 0.4) is 0 Å². The molecule has 0 saturated carbocycles. The predicted octanol–water partition coefficient (Wildman–Crippen LogP) is 0.588. The SMILES string of the molecule is CC1(C(=O)NCCN2CCCC2)CCCNC1. The van der Waals surface area contributed by atoms with Crippen LogP contribution in [0.15, 0.2) is 0 Å². The van der Waals surface area contributed by atoms with Gasteiger partial charge >= 0.3 is 0 Å². The fourth-order valence-corrected chi connectivity index (χ4v) is 2.80. The lowest BCUT2D eigenvalue weighted by Gasteiger charge is -2.32. The van der Waals surface area contributed by atoms with Gasteiger partial charge in [0.2, 0.25) is 5.91 Å². The van der Waals surface area contributed by atoms with Crippen LogP contribution in [0.25, 0.3) is 0 Å². The molecule has 0 aliphatic carbocycles. The van der Waals surface area contributed by atoms with Crippen molar-refractivity contribution in [2.75, 3.05) is 39.3 Å². The number of piperidine rings is 1. The van der Waals surface area contributed by atoms with E-state index in [0.717, 1.165) is 39.0 Å². The first-order valence-electron chi connectivity index (χ1n) is 6.92. The Morgan fingerprint density at radius 1 is 1.35 bits per heavy atom. The second-order valence-corrected chi connectivity index (χ2v) is 5.65. The number of likely N-dealkylation sites (tertiary alicyclic amines) is 1. The van der Waals surface area contributed by atoms with Gasteiger partial charge in [0.15, 0.2) is 0 Å². The van der Waals surface area contributed by atoms with Crippen molar-refractivity contribution in [3.05, 3.63) is 0 Å². The molecule has 98 valence electrons. The van der Waals surface area contributed by atoms with Gasteiger partial charge < -0.3 is 15.5 Å². The van der Waals surface area contributed by atoms with Gasteiger partial charge in [-0.2, -0.15) is 0 Å². The molecule has 2 fully saturated rings. The fraction of sp³-hybridized carbons (Fsp3) is 0.923. The van der Waals surface area contributed by atoms with Crippen molar-refractivity contribution in [2.24, 2.45) is 5.41 Å². The van der Waals surface area contributed by atoms with Gasteiger partial charge in [-0.15, -0.1) is 0 Å². The molecule has 1 amide bonds. The van der Waals surface area contributed by atoms with Crippen LogP contribution in [0, 0.1) is 5.41 Å². The van der Waals surface area contributed by atoms with Crippen molar-refractivity contribution in [1.82, 2.24) is 15.5 Å². The molecule has 2 rings (SSSR count). The Balaban J connectivity index is 1.68. The first-order valence-corrected chi connectivity index (χ1v) is 6.92. The molecule has 4 nitrogen and oxygen atoms in total. The Morgan fingerprint density at radius 2 is 2.12 bits per heavy atom. The average molecular weight is 239 g/mol. The number of amides is 1. The molecule has 2 aliphatic heterocycles. The molecule has 2 saturated heterocycles. The first kappa shape index (κ1) is 12.8. The summed E-state index contributed by atoms with van der Waals surface area (Å²) >= 11 is 0. The summed E-state index contributed by atoms with van der Waals surface area (Å²) in [6.07, 6.45) is 4.75. The van der Waals surface area contributed by atoms with Crippen LogP contribution in [-0.2, 0) is 4.79 Å². The monoisotopic (exact) mass is 239 g/mol. The van der Waals surface area contributed by atoms with Crippen molar-refractivity contribution >= 4 is 5.91 Å². The third-order valence-electron chi connectivity index (χ3n) is 4.06. The Hall–Kier alpha value is -0.610. The van der Waals surface area contributed by atoms with E-state index in [1.54, 1.807) is 0 Å². The summed E-state index contributed by atoms with van der Waals surface area (Å²) in [5.41, 5.74) is -0.191. The summed E-state index contributed by atoms with van der Waals surface area (Å²) in [6, 6.07) is 0. The zero-order valence-electron chi connectivity index (χ0n) is 10.9. The van der Waals surface area contributed by atoms with Crippen LogP contribution in [0.2, 0.25) is 0 Å². The van der Waals surface area contributed by atoms with Crippen LogP contribution in [0.1, 0.15) is 32.6 Å². The van der Waals surface area contributed by atoms with Crippen LogP contribution in [0.4, 0.5) is 0 Å². The molecule has 2 N–H and O–H groups in total. The molecule has 1 unspecified atom stereocenters. The van der Waals surface area contributed by atoms with Gasteiger partial charge in [0, 0.05) is 19.6 Å². The highest BCUT2D eigenvalue weighted by atomic mass is 16.2. The molecule has 17 heavy (non-hydrogen) atoms. The van der Waals surface area contributed by atoms with E-state index in [0.29, 0.717) is 0 Å². The highest BCUT2D eigenvalue weighted by Crippen LogP contribution is 2.25. The molecule has 0 aromatic heterocycles. The molecule has 0 radical (unpaired) electrons. The normalized spacial score (nSPS) is 30.4. The summed E-state index contributed by atoms with van der Waals surface area (Å²) in [7, 11) is 0. The molecule has 0 spiro atoms. The maximum Gasteiger partial charge on any atom is 0.227 e. The zero-order valence-corrected chi connectivity index (χ0v) is 10.9. The van der Waals surface area contributed by atoms with E-state index in [1.807, 2.05) is 0 Å². The minimum absolute atomic E-state index is 0.191. The van der Waals surface area contributed by atoms with E-state index in [2.05, 4.69) is 22.5 Å². The van der Waals surface area contributed by atoms with Crippen LogP contribution in [-0.4, -0.2) is 50.1 Å². The van der Waals surface area contributed by atoms with Crippen LogP contribution >= 0.6 is 0 Å². The topological polar surface area (TPSA) is 44.4 Å². The summed E-state index contributed by atoms with van der Waals surface area (Å²) in [5.74, 6) is 0.226. The van der Waals surface area contributed by atoms with Gasteiger partial charge in [0.25, 0.3) is 0 Å². The molecule has 1 atom stereocenters. The molecule has 2 heterocycles. The summed E-state index contributed by atoms with van der Waals surface area (Å²) in [6.45, 7) is 8.16. The standard InChI is InChI=1S/C13H25N3O/c1-13(5-4-6-14-11-13)12(17)15-7-10-16-8-2-3-9-16/h14H,2-11H2,1H3,(H,15,17). The highest BCUT2D eigenvalue weighted by molar-refractivity contribution is 5.82. The van der Waals surface area contributed by atoms with Crippen molar-refractivity contribution in [2.45, 2.75) is 32.6 Å². The number of nitrogens with zero attached hydrogens (tertiary/aromatic N) is 1. The third-order valence-corrected chi connectivity index (χ3v) is 4.06.